The number of hydrogen-bond donors (Lipinski definition) is 1. The highest BCUT2D eigenvalue weighted by molar-refractivity contribution is 5.91. The molecule has 0 aromatic heterocycles. The molecule has 1 heterocycles. The first-order valence-electron chi connectivity index (χ1n) is 9.68. The predicted molar refractivity (Wildman–Crippen MR) is 112 cm³/mol. The van der Waals surface area contributed by atoms with Gasteiger partial charge in [-0.1, -0.05) is 30.3 Å². The van der Waals surface area contributed by atoms with Gasteiger partial charge in [0.1, 0.15) is 17.1 Å². The largest absolute Gasteiger partial charge is 0.485 e. The van der Waals surface area contributed by atoms with Crippen molar-refractivity contribution in [3.8, 4) is 28.7 Å². The van der Waals surface area contributed by atoms with Gasteiger partial charge in [0, 0.05) is 12.5 Å². The number of esters is 1. The molecular formula is C25H21NO4. The van der Waals surface area contributed by atoms with Crippen molar-refractivity contribution < 1.29 is 19.4 Å². The molecule has 0 amide bonds. The number of nitriles is 1. The summed E-state index contributed by atoms with van der Waals surface area (Å²) >= 11 is 0. The average Bonchev–Trinajstić information content (AvgIpc) is 2.74. The second kappa shape index (κ2) is 7.66. The second-order valence-electron chi connectivity index (χ2n) is 7.85. The van der Waals surface area contributed by atoms with Crippen molar-refractivity contribution in [2.75, 3.05) is 0 Å². The third-order valence-corrected chi connectivity index (χ3v) is 5.28. The van der Waals surface area contributed by atoms with Gasteiger partial charge in [-0.15, -0.1) is 0 Å². The number of carbonyl (C=O) groups excluding carboxylic acids is 1. The van der Waals surface area contributed by atoms with Crippen LogP contribution < -0.4 is 9.47 Å². The Morgan fingerprint density at radius 2 is 1.87 bits per heavy atom. The topological polar surface area (TPSA) is 79.5 Å². The molecule has 0 fully saturated rings. The Hall–Kier alpha value is -3.62. The van der Waals surface area contributed by atoms with Crippen molar-refractivity contribution in [2.45, 2.75) is 32.0 Å². The van der Waals surface area contributed by atoms with Crippen LogP contribution in [0.4, 0.5) is 0 Å². The maximum atomic E-state index is 12.6. The van der Waals surface area contributed by atoms with E-state index in [1.54, 1.807) is 36.4 Å². The third kappa shape index (κ3) is 3.91. The highest BCUT2D eigenvalue weighted by atomic mass is 16.5. The van der Waals surface area contributed by atoms with Crippen molar-refractivity contribution in [2.24, 2.45) is 0 Å². The molecule has 1 aliphatic rings. The first-order chi connectivity index (χ1) is 14.4. The molecule has 0 saturated carbocycles. The third-order valence-electron chi connectivity index (χ3n) is 5.28. The van der Waals surface area contributed by atoms with E-state index in [1.165, 1.54) is 0 Å². The lowest BCUT2D eigenvalue weighted by Gasteiger charge is -2.37. The second-order valence-corrected chi connectivity index (χ2v) is 7.85. The summed E-state index contributed by atoms with van der Waals surface area (Å²) in [5.41, 5.74) is 3.00. The smallest absolute Gasteiger partial charge is 0.343 e. The van der Waals surface area contributed by atoms with Gasteiger partial charge in [0.2, 0.25) is 0 Å². The summed E-state index contributed by atoms with van der Waals surface area (Å²) in [5.74, 6) is 0.530. The van der Waals surface area contributed by atoms with E-state index in [0.717, 1.165) is 16.7 Å². The molecule has 5 heteroatoms. The summed E-state index contributed by atoms with van der Waals surface area (Å²) in [6, 6.07) is 21.7. The van der Waals surface area contributed by atoms with E-state index in [-0.39, 0.29) is 0 Å². The minimum atomic E-state index is -0.700. The summed E-state index contributed by atoms with van der Waals surface area (Å²) in [7, 11) is 0. The SMILES string of the molecule is CC1(C)Oc2cc(OC(=O)c3ccc(-c4cccc(C#N)c4)cc3)ccc2CC1O. The molecule has 30 heavy (non-hydrogen) atoms. The number of aliphatic hydroxyl groups excluding tert-OH is 1. The molecule has 5 nitrogen and oxygen atoms in total. The first kappa shape index (κ1) is 19.7. The van der Waals surface area contributed by atoms with E-state index < -0.39 is 17.7 Å². The van der Waals surface area contributed by atoms with Gasteiger partial charge in [0.05, 0.1) is 23.3 Å². The molecule has 0 saturated heterocycles. The zero-order valence-electron chi connectivity index (χ0n) is 16.8. The van der Waals surface area contributed by atoms with Crippen molar-refractivity contribution in [1.29, 1.82) is 5.26 Å². The van der Waals surface area contributed by atoms with Gasteiger partial charge in [-0.25, -0.2) is 4.79 Å². The fourth-order valence-electron chi connectivity index (χ4n) is 3.40. The zero-order valence-corrected chi connectivity index (χ0v) is 16.8. The van der Waals surface area contributed by atoms with Crippen LogP contribution in [0.15, 0.2) is 66.7 Å². The Balaban J connectivity index is 1.50. The van der Waals surface area contributed by atoms with Gasteiger partial charge in [-0.3, -0.25) is 0 Å². The number of carbonyl (C=O) groups is 1. The molecule has 4 rings (SSSR count). The quantitative estimate of drug-likeness (QED) is 0.517. The summed E-state index contributed by atoms with van der Waals surface area (Å²) in [5, 5.41) is 19.2. The van der Waals surface area contributed by atoms with Crippen LogP contribution in [0.5, 0.6) is 11.5 Å². The number of nitrogens with zero attached hydrogens (tertiary/aromatic N) is 1. The summed E-state index contributed by atoms with van der Waals surface area (Å²) in [6.45, 7) is 3.65. The molecule has 0 bridgehead atoms. The van der Waals surface area contributed by atoms with Gasteiger partial charge in [-0.05, 0) is 60.9 Å². The van der Waals surface area contributed by atoms with Crippen LogP contribution in [0.1, 0.15) is 35.3 Å². The van der Waals surface area contributed by atoms with Gasteiger partial charge in [0.25, 0.3) is 0 Å². The molecule has 0 aliphatic carbocycles. The van der Waals surface area contributed by atoms with Crippen LogP contribution in [0, 0.1) is 11.3 Å². The minimum absolute atomic E-state index is 0.386. The molecule has 3 aromatic carbocycles. The number of hydrogen-bond acceptors (Lipinski definition) is 5. The number of fused-ring (bicyclic) bond motifs is 1. The molecule has 1 atom stereocenters. The maximum Gasteiger partial charge on any atom is 0.343 e. The van der Waals surface area contributed by atoms with Crippen molar-refractivity contribution in [1.82, 2.24) is 0 Å². The lowest BCUT2D eigenvalue weighted by atomic mass is 9.91. The van der Waals surface area contributed by atoms with Crippen molar-refractivity contribution in [3.05, 3.63) is 83.4 Å². The van der Waals surface area contributed by atoms with E-state index in [0.29, 0.717) is 29.0 Å². The first-order valence-corrected chi connectivity index (χ1v) is 9.68. The van der Waals surface area contributed by atoms with Crippen LogP contribution in [-0.2, 0) is 6.42 Å². The lowest BCUT2D eigenvalue weighted by Crippen LogP contribution is -2.46. The van der Waals surface area contributed by atoms with Crippen molar-refractivity contribution in [3.63, 3.8) is 0 Å². The predicted octanol–water partition coefficient (Wildman–Crippen LogP) is 4.52. The van der Waals surface area contributed by atoms with Crippen LogP contribution in [0.25, 0.3) is 11.1 Å². The van der Waals surface area contributed by atoms with E-state index in [9.17, 15) is 9.90 Å². The molecule has 0 radical (unpaired) electrons. The highest BCUT2D eigenvalue weighted by Crippen LogP contribution is 2.36. The fraction of sp³-hybridized carbons (Fsp3) is 0.200. The number of benzene rings is 3. The normalized spacial score (nSPS) is 16.7. The van der Waals surface area contributed by atoms with E-state index >= 15 is 0 Å². The van der Waals surface area contributed by atoms with Gasteiger partial charge in [0.15, 0.2) is 0 Å². The van der Waals surface area contributed by atoms with E-state index in [4.69, 9.17) is 14.7 Å². The Labute approximate surface area is 175 Å². The van der Waals surface area contributed by atoms with Crippen molar-refractivity contribution >= 4 is 5.97 Å². The van der Waals surface area contributed by atoms with Gasteiger partial charge in [-0.2, -0.15) is 5.26 Å². The van der Waals surface area contributed by atoms with Crippen LogP contribution in [0.3, 0.4) is 0 Å². The van der Waals surface area contributed by atoms with E-state index in [2.05, 4.69) is 6.07 Å². The Kier molecular flexibility index (Phi) is 5.03. The average molecular weight is 399 g/mol. The summed E-state index contributed by atoms with van der Waals surface area (Å²) < 4.78 is 11.4. The monoisotopic (exact) mass is 399 g/mol. The molecule has 0 spiro atoms. The van der Waals surface area contributed by atoms with Crippen LogP contribution in [-0.4, -0.2) is 22.8 Å². The fourth-order valence-corrected chi connectivity index (χ4v) is 3.40. The number of aliphatic hydroxyl groups is 1. The molecule has 150 valence electrons. The van der Waals surface area contributed by atoms with Gasteiger partial charge < -0.3 is 14.6 Å². The molecule has 1 unspecified atom stereocenters. The minimum Gasteiger partial charge on any atom is -0.485 e. The maximum absolute atomic E-state index is 12.6. The molecular weight excluding hydrogens is 378 g/mol. The van der Waals surface area contributed by atoms with Crippen LogP contribution >= 0.6 is 0 Å². The van der Waals surface area contributed by atoms with E-state index in [1.807, 2.05) is 44.2 Å². The lowest BCUT2D eigenvalue weighted by molar-refractivity contribution is -0.0412. The number of rotatable bonds is 3. The number of ether oxygens (including phenoxy) is 2. The Bertz CT molecular complexity index is 1140. The summed E-state index contributed by atoms with van der Waals surface area (Å²) in [4.78, 5) is 12.6. The summed E-state index contributed by atoms with van der Waals surface area (Å²) in [6.07, 6.45) is -0.101. The Morgan fingerprint density at radius 3 is 2.60 bits per heavy atom. The standard InChI is InChI=1S/C25H21NO4/c1-25(2)23(27)13-20-10-11-21(14-22(20)30-25)29-24(28)18-8-6-17(7-9-18)19-5-3-4-16(12-19)15-26/h3-12,14,23,27H,13H2,1-2H3. The molecule has 1 N–H and O–H groups in total. The Morgan fingerprint density at radius 1 is 1.10 bits per heavy atom. The van der Waals surface area contributed by atoms with Gasteiger partial charge >= 0.3 is 5.97 Å². The molecule has 1 aliphatic heterocycles. The highest BCUT2D eigenvalue weighted by Gasteiger charge is 2.35. The van der Waals surface area contributed by atoms with Crippen LogP contribution in [0.2, 0.25) is 0 Å². The molecule has 3 aromatic rings. The zero-order chi connectivity index (χ0) is 21.3.